The van der Waals surface area contributed by atoms with Gasteiger partial charge in [0.15, 0.2) is 0 Å². The molecule has 0 atom stereocenters. The average molecular weight is 406 g/mol. The van der Waals surface area contributed by atoms with Gasteiger partial charge < -0.3 is 4.90 Å². The molecule has 28 heavy (non-hydrogen) atoms. The van der Waals surface area contributed by atoms with Crippen molar-refractivity contribution >= 4 is 17.7 Å². The number of thioether (sulfide) groups is 1. The third-order valence-electron chi connectivity index (χ3n) is 5.00. The van der Waals surface area contributed by atoms with Gasteiger partial charge in [0.1, 0.15) is 5.82 Å². The van der Waals surface area contributed by atoms with Crippen molar-refractivity contribution in [3.8, 4) is 0 Å². The molecule has 6 nitrogen and oxygen atoms in total. The van der Waals surface area contributed by atoms with Crippen LogP contribution in [0.1, 0.15) is 58.4 Å². The summed E-state index contributed by atoms with van der Waals surface area (Å²) in [6, 6.07) is 6.65. The Balaban J connectivity index is 1.71. The molecule has 0 N–H and O–H groups in total. The summed E-state index contributed by atoms with van der Waals surface area (Å²) >= 11 is 1.37. The smallest absolute Gasteiger partial charge is 0.233 e. The van der Waals surface area contributed by atoms with Crippen LogP contribution in [0, 0.1) is 5.82 Å². The molecule has 1 heterocycles. The van der Waals surface area contributed by atoms with Crippen LogP contribution < -0.4 is 0 Å². The highest BCUT2D eigenvalue weighted by atomic mass is 32.2. The van der Waals surface area contributed by atoms with Crippen LogP contribution in [0.2, 0.25) is 0 Å². The first-order valence-corrected chi connectivity index (χ1v) is 10.8. The number of nitrogens with zero attached hydrogens (tertiary/aromatic N) is 5. The van der Waals surface area contributed by atoms with Gasteiger partial charge >= 0.3 is 0 Å². The highest BCUT2D eigenvalue weighted by Crippen LogP contribution is 2.27. The fourth-order valence-electron chi connectivity index (χ4n) is 3.50. The first-order valence-electron chi connectivity index (χ1n) is 9.80. The van der Waals surface area contributed by atoms with E-state index < -0.39 is 0 Å². The van der Waals surface area contributed by atoms with Crippen molar-refractivity contribution in [3.05, 3.63) is 35.6 Å². The number of halogens is 1. The summed E-state index contributed by atoms with van der Waals surface area (Å²) < 4.78 is 15.0. The van der Waals surface area contributed by atoms with Crippen molar-refractivity contribution in [1.29, 1.82) is 0 Å². The molecule has 0 radical (unpaired) electrons. The van der Waals surface area contributed by atoms with Gasteiger partial charge in [0, 0.05) is 12.6 Å². The monoisotopic (exact) mass is 405 g/mol. The minimum absolute atomic E-state index is 0.0738. The zero-order valence-corrected chi connectivity index (χ0v) is 17.6. The second-order valence-corrected chi connectivity index (χ2v) is 9.22. The molecule has 152 valence electrons. The third kappa shape index (κ3) is 5.31. The van der Waals surface area contributed by atoms with Crippen LogP contribution in [-0.2, 0) is 16.9 Å². The fourth-order valence-corrected chi connectivity index (χ4v) is 4.44. The molecule has 1 aromatic heterocycles. The maximum Gasteiger partial charge on any atom is 0.233 e. The van der Waals surface area contributed by atoms with Crippen molar-refractivity contribution in [3.63, 3.8) is 0 Å². The Labute approximate surface area is 169 Å². The van der Waals surface area contributed by atoms with E-state index >= 15 is 0 Å². The average Bonchev–Trinajstić information content (AvgIpc) is 3.15. The summed E-state index contributed by atoms with van der Waals surface area (Å²) in [5.41, 5.74) is 0.705. The molecule has 0 aliphatic heterocycles. The minimum atomic E-state index is -0.260. The van der Waals surface area contributed by atoms with Gasteiger partial charge in [-0.15, -0.1) is 5.10 Å². The first kappa shape index (κ1) is 20.8. The lowest BCUT2D eigenvalue weighted by Gasteiger charge is -2.34. The molecule has 0 bridgehead atoms. The van der Waals surface area contributed by atoms with E-state index in [1.165, 1.54) is 30.3 Å². The van der Waals surface area contributed by atoms with E-state index in [2.05, 4.69) is 15.5 Å². The molecule has 1 amide bonds. The summed E-state index contributed by atoms with van der Waals surface area (Å²) in [5.74, 6) is 0.0993. The molecule has 0 saturated heterocycles. The second-order valence-electron chi connectivity index (χ2n) is 8.27. The number of rotatable bonds is 6. The van der Waals surface area contributed by atoms with Gasteiger partial charge in [0.25, 0.3) is 0 Å². The van der Waals surface area contributed by atoms with Gasteiger partial charge in [-0.25, -0.2) is 9.07 Å². The maximum atomic E-state index is 13.2. The number of hydrogen-bond donors (Lipinski definition) is 0. The number of amides is 1. The molecular formula is C20H28FN5OS. The summed E-state index contributed by atoms with van der Waals surface area (Å²) in [7, 11) is 0. The normalized spacial score (nSPS) is 15.6. The van der Waals surface area contributed by atoms with E-state index in [0.29, 0.717) is 11.7 Å². The van der Waals surface area contributed by atoms with E-state index in [-0.39, 0.29) is 29.1 Å². The Kier molecular flexibility index (Phi) is 6.69. The summed E-state index contributed by atoms with van der Waals surface area (Å²) in [6.07, 6.45) is 5.57. The Morgan fingerprint density at radius 2 is 1.89 bits per heavy atom. The number of benzene rings is 1. The lowest BCUT2D eigenvalue weighted by Crippen LogP contribution is -2.42. The van der Waals surface area contributed by atoms with Crippen LogP contribution >= 0.6 is 11.8 Å². The summed E-state index contributed by atoms with van der Waals surface area (Å²) in [6.45, 7) is 6.59. The largest absolute Gasteiger partial charge is 0.335 e. The zero-order chi connectivity index (χ0) is 20.1. The predicted molar refractivity (Wildman–Crippen MR) is 107 cm³/mol. The Morgan fingerprint density at radius 1 is 1.21 bits per heavy atom. The third-order valence-corrected chi connectivity index (χ3v) is 5.91. The first-order chi connectivity index (χ1) is 13.3. The van der Waals surface area contributed by atoms with Crippen LogP contribution in [0.25, 0.3) is 0 Å². The van der Waals surface area contributed by atoms with Crippen LogP contribution in [0.4, 0.5) is 4.39 Å². The number of carbonyl (C=O) groups is 1. The fraction of sp³-hybridized carbons (Fsp3) is 0.600. The van der Waals surface area contributed by atoms with Gasteiger partial charge in [-0.3, -0.25) is 4.79 Å². The number of hydrogen-bond acceptors (Lipinski definition) is 5. The molecule has 1 aromatic carbocycles. The Bertz CT molecular complexity index is 781. The van der Waals surface area contributed by atoms with Gasteiger partial charge in [0.05, 0.1) is 11.3 Å². The maximum absolute atomic E-state index is 13.2. The summed E-state index contributed by atoms with van der Waals surface area (Å²) in [4.78, 5) is 15.1. The van der Waals surface area contributed by atoms with E-state index in [1.807, 2.05) is 25.7 Å². The molecule has 8 heteroatoms. The van der Waals surface area contributed by atoms with Crippen molar-refractivity contribution in [2.45, 2.75) is 76.2 Å². The molecule has 0 unspecified atom stereocenters. The molecule has 1 saturated carbocycles. The Morgan fingerprint density at radius 3 is 2.54 bits per heavy atom. The van der Waals surface area contributed by atoms with E-state index in [9.17, 15) is 9.18 Å². The molecule has 0 spiro atoms. The lowest BCUT2D eigenvalue weighted by atomic mass is 9.94. The number of tetrazole rings is 1. The highest BCUT2D eigenvalue weighted by Gasteiger charge is 2.27. The molecular weight excluding hydrogens is 377 g/mol. The quantitative estimate of drug-likeness (QED) is 0.679. The van der Waals surface area contributed by atoms with Crippen LogP contribution in [0.3, 0.4) is 0 Å². The van der Waals surface area contributed by atoms with Crippen LogP contribution in [-0.4, -0.2) is 42.8 Å². The van der Waals surface area contributed by atoms with E-state index in [1.54, 1.807) is 16.8 Å². The van der Waals surface area contributed by atoms with Gasteiger partial charge in [0.2, 0.25) is 11.1 Å². The topological polar surface area (TPSA) is 63.9 Å². The van der Waals surface area contributed by atoms with Gasteiger partial charge in [-0.1, -0.05) is 43.2 Å². The van der Waals surface area contributed by atoms with E-state index in [0.717, 1.165) is 31.2 Å². The molecule has 2 aromatic rings. The lowest BCUT2D eigenvalue weighted by molar-refractivity contribution is -0.132. The van der Waals surface area contributed by atoms with Crippen molar-refractivity contribution in [1.82, 2.24) is 25.1 Å². The SMILES string of the molecule is CC(C)(C)n1nnnc1SCC(=O)N(Cc1ccc(F)cc1)C1CCCCC1. The van der Waals surface area contributed by atoms with Crippen molar-refractivity contribution < 1.29 is 9.18 Å². The zero-order valence-electron chi connectivity index (χ0n) is 16.8. The summed E-state index contributed by atoms with van der Waals surface area (Å²) in [5, 5.41) is 12.5. The number of carbonyl (C=O) groups excluding carboxylic acids is 1. The molecule has 1 aliphatic carbocycles. The van der Waals surface area contributed by atoms with Crippen molar-refractivity contribution in [2.24, 2.45) is 0 Å². The minimum Gasteiger partial charge on any atom is -0.335 e. The highest BCUT2D eigenvalue weighted by molar-refractivity contribution is 7.99. The van der Waals surface area contributed by atoms with Gasteiger partial charge in [-0.2, -0.15) is 0 Å². The van der Waals surface area contributed by atoms with Crippen LogP contribution in [0.5, 0.6) is 0 Å². The standard InChI is InChI=1S/C20H28FN5OS/c1-20(2,3)26-19(22-23-24-26)28-14-18(27)25(17-7-5-4-6-8-17)13-15-9-11-16(21)12-10-15/h9-12,17H,4-8,13-14H2,1-3H3. The second kappa shape index (κ2) is 9.03. The molecule has 3 rings (SSSR count). The van der Waals surface area contributed by atoms with Crippen LogP contribution in [0.15, 0.2) is 29.4 Å². The molecule has 1 fully saturated rings. The van der Waals surface area contributed by atoms with Crippen molar-refractivity contribution in [2.75, 3.05) is 5.75 Å². The number of aromatic nitrogens is 4. The Hall–Kier alpha value is -1.96. The molecule has 1 aliphatic rings. The predicted octanol–water partition coefficient (Wildman–Crippen LogP) is 4.02. The van der Waals surface area contributed by atoms with Gasteiger partial charge in [-0.05, 0) is 61.7 Å². The van der Waals surface area contributed by atoms with E-state index in [4.69, 9.17) is 0 Å².